The summed E-state index contributed by atoms with van der Waals surface area (Å²) in [7, 11) is 0. The Morgan fingerprint density at radius 3 is 2.55 bits per heavy atom. The Bertz CT molecular complexity index is 293. The normalized spacial score (nSPS) is 22.8. The predicted octanol–water partition coefficient (Wildman–Crippen LogP) is 4.29. The van der Waals surface area contributed by atoms with Crippen molar-refractivity contribution in [3.8, 4) is 0 Å². The van der Waals surface area contributed by atoms with Crippen LogP contribution in [-0.2, 0) is 9.53 Å². The molecule has 0 radical (unpaired) electrons. The van der Waals surface area contributed by atoms with Crippen molar-refractivity contribution in [1.29, 1.82) is 0 Å². The Morgan fingerprint density at radius 2 is 1.82 bits per heavy atom. The van der Waals surface area contributed by atoms with E-state index in [1.165, 1.54) is 32.1 Å². The van der Waals surface area contributed by atoms with Gasteiger partial charge in [0.25, 0.3) is 0 Å². The Kier molecular flexibility index (Phi) is 10.5. The van der Waals surface area contributed by atoms with Crippen molar-refractivity contribution in [3.63, 3.8) is 0 Å². The number of aliphatic carboxylic acids is 1. The minimum Gasteiger partial charge on any atom is -0.481 e. The summed E-state index contributed by atoms with van der Waals surface area (Å²) in [4.78, 5) is 10.5. The fourth-order valence-electron chi connectivity index (χ4n) is 3.20. The van der Waals surface area contributed by atoms with Gasteiger partial charge in [-0.2, -0.15) is 0 Å². The molecule has 1 aliphatic heterocycles. The molecule has 2 N–H and O–H groups in total. The van der Waals surface area contributed by atoms with Gasteiger partial charge in [0, 0.05) is 6.42 Å². The maximum atomic E-state index is 10.5. The van der Waals surface area contributed by atoms with Gasteiger partial charge in [-0.15, -0.1) is 0 Å². The van der Waals surface area contributed by atoms with E-state index in [1.54, 1.807) is 0 Å². The van der Waals surface area contributed by atoms with Gasteiger partial charge < -0.3 is 14.9 Å². The van der Waals surface area contributed by atoms with Crippen LogP contribution in [0.25, 0.3) is 0 Å². The Morgan fingerprint density at radius 1 is 1.09 bits per heavy atom. The van der Waals surface area contributed by atoms with E-state index in [0.717, 1.165) is 44.9 Å². The molecule has 1 aliphatic rings. The van der Waals surface area contributed by atoms with Crippen LogP contribution in [0.2, 0.25) is 0 Å². The Labute approximate surface area is 135 Å². The number of rotatable bonds is 13. The van der Waals surface area contributed by atoms with Crippen molar-refractivity contribution < 1.29 is 19.7 Å². The summed E-state index contributed by atoms with van der Waals surface area (Å²) in [6.07, 6.45) is 13.0. The van der Waals surface area contributed by atoms with Gasteiger partial charge in [0.1, 0.15) is 0 Å². The Balaban J connectivity index is 2.03. The largest absolute Gasteiger partial charge is 0.481 e. The first-order chi connectivity index (χ1) is 10.6. The average molecular weight is 314 g/mol. The molecule has 0 aromatic rings. The molecular formula is C18H34O4. The third-order valence-electron chi connectivity index (χ3n) is 4.59. The molecule has 1 saturated heterocycles. The molecule has 1 fully saturated rings. The lowest BCUT2D eigenvalue weighted by Gasteiger charge is -2.19. The quantitative estimate of drug-likeness (QED) is 0.498. The minimum absolute atomic E-state index is 0.000107. The van der Waals surface area contributed by atoms with Gasteiger partial charge in [0.2, 0.25) is 0 Å². The van der Waals surface area contributed by atoms with Gasteiger partial charge in [-0.1, -0.05) is 51.9 Å². The molecule has 0 amide bonds. The molecule has 0 saturated carbocycles. The van der Waals surface area contributed by atoms with Gasteiger partial charge in [0.15, 0.2) is 0 Å². The molecule has 4 heteroatoms. The number of aliphatic hydroxyl groups is 1. The lowest BCUT2D eigenvalue weighted by molar-refractivity contribution is -0.137. The first-order valence-corrected chi connectivity index (χ1v) is 9.18. The molecule has 3 unspecified atom stereocenters. The number of unbranched alkanes of at least 4 members (excludes halogenated alkanes) is 6. The zero-order valence-electron chi connectivity index (χ0n) is 14.1. The van der Waals surface area contributed by atoms with Gasteiger partial charge in [-0.25, -0.2) is 0 Å². The zero-order valence-corrected chi connectivity index (χ0v) is 14.1. The second kappa shape index (κ2) is 11.9. The van der Waals surface area contributed by atoms with E-state index >= 15 is 0 Å². The highest BCUT2D eigenvalue weighted by Crippen LogP contribution is 2.27. The predicted molar refractivity (Wildman–Crippen MR) is 88.0 cm³/mol. The molecule has 1 heterocycles. The van der Waals surface area contributed by atoms with Gasteiger partial charge >= 0.3 is 5.97 Å². The second-order valence-electron chi connectivity index (χ2n) is 6.64. The van der Waals surface area contributed by atoms with Gasteiger partial charge in [-0.05, 0) is 32.1 Å². The van der Waals surface area contributed by atoms with E-state index in [2.05, 4.69) is 6.92 Å². The number of aliphatic hydroxyl groups excluding tert-OH is 1. The van der Waals surface area contributed by atoms with Crippen molar-refractivity contribution in [2.45, 2.75) is 109 Å². The summed E-state index contributed by atoms with van der Waals surface area (Å²) >= 11 is 0. The van der Waals surface area contributed by atoms with Crippen LogP contribution in [0.3, 0.4) is 0 Å². The smallest absolute Gasteiger partial charge is 0.303 e. The number of carboxylic acids is 1. The molecule has 0 aromatic heterocycles. The molecule has 22 heavy (non-hydrogen) atoms. The van der Waals surface area contributed by atoms with Crippen LogP contribution < -0.4 is 0 Å². The van der Waals surface area contributed by atoms with Crippen LogP contribution in [0.15, 0.2) is 0 Å². The molecule has 0 aromatic carbocycles. The molecule has 0 bridgehead atoms. The number of carboxylic acid groups (broad SMARTS) is 1. The lowest BCUT2D eigenvalue weighted by Crippen LogP contribution is -2.26. The van der Waals surface area contributed by atoms with E-state index in [9.17, 15) is 9.90 Å². The molecule has 4 nitrogen and oxygen atoms in total. The van der Waals surface area contributed by atoms with Crippen LogP contribution in [0, 0.1) is 0 Å². The van der Waals surface area contributed by atoms with Crippen molar-refractivity contribution in [2.24, 2.45) is 0 Å². The third kappa shape index (κ3) is 8.74. The topological polar surface area (TPSA) is 66.8 Å². The first kappa shape index (κ1) is 19.4. The molecule has 0 spiro atoms. The van der Waals surface area contributed by atoms with Crippen LogP contribution in [-0.4, -0.2) is 34.5 Å². The molecule has 1 rings (SSSR count). The van der Waals surface area contributed by atoms with E-state index in [1.807, 2.05) is 0 Å². The summed E-state index contributed by atoms with van der Waals surface area (Å²) in [6, 6.07) is 0. The minimum atomic E-state index is -0.723. The summed E-state index contributed by atoms with van der Waals surface area (Å²) in [5.74, 6) is -0.723. The van der Waals surface area contributed by atoms with Crippen LogP contribution >= 0.6 is 0 Å². The van der Waals surface area contributed by atoms with Gasteiger partial charge in [0.05, 0.1) is 18.3 Å². The summed E-state index contributed by atoms with van der Waals surface area (Å²) in [5, 5.41) is 18.8. The van der Waals surface area contributed by atoms with E-state index in [-0.39, 0.29) is 24.7 Å². The number of hydrogen-bond donors (Lipinski definition) is 2. The van der Waals surface area contributed by atoms with Crippen LogP contribution in [0.1, 0.15) is 90.4 Å². The standard InChI is InChI=1S/C18H34O4/c1-2-3-4-5-6-7-11-16(19)17-14-13-15(22-17)10-8-9-12-18(20)21/h15-17,19H,2-14H2,1H3,(H,20,21). The van der Waals surface area contributed by atoms with Crippen molar-refractivity contribution in [3.05, 3.63) is 0 Å². The van der Waals surface area contributed by atoms with Crippen molar-refractivity contribution in [2.75, 3.05) is 0 Å². The number of carbonyl (C=O) groups is 1. The molecule has 130 valence electrons. The van der Waals surface area contributed by atoms with Crippen molar-refractivity contribution in [1.82, 2.24) is 0 Å². The van der Waals surface area contributed by atoms with Crippen molar-refractivity contribution >= 4 is 5.97 Å². The highest BCUT2D eigenvalue weighted by Gasteiger charge is 2.29. The highest BCUT2D eigenvalue weighted by molar-refractivity contribution is 5.66. The second-order valence-corrected chi connectivity index (χ2v) is 6.64. The van der Waals surface area contributed by atoms with Crippen LogP contribution in [0.5, 0.6) is 0 Å². The first-order valence-electron chi connectivity index (χ1n) is 9.18. The molecule has 0 aliphatic carbocycles. The SMILES string of the molecule is CCCCCCCCC(O)C1CCC(CCCCC(=O)O)O1. The fourth-order valence-corrected chi connectivity index (χ4v) is 3.20. The molecule has 3 atom stereocenters. The summed E-state index contributed by atoms with van der Waals surface area (Å²) in [5.41, 5.74) is 0. The van der Waals surface area contributed by atoms with E-state index < -0.39 is 5.97 Å². The fraction of sp³-hybridized carbons (Fsp3) is 0.944. The third-order valence-corrected chi connectivity index (χ3v) is 4.59. The lowest BCUT2D eigenvalue weighted by atomic mass is 10.0. The highest BCUT2D eigenvalue weighted by atomic mass is 16.5. The monoisotopic (exact) mass is 314 g/mol. The maximum Gasteiger partial charge on any atom is 0.303 e. The number of hydrogen-bond acceptors (Lipinski definition) is 3. The van der Waals surface area contributed by atoms with Gasteiger partial charge in [-0.3, -0.25) is 4.79 Å². The Hall–Kier alpha value is -0.610. The van der Waals surface area contributed by atoms with E-state index in [0.29, 0.717) is 0 Å². The summed E-state index contributed by atoms with van der Waals surface area (Å²) in [6.45, 7) is 2.22. The average Bonchev–Trinajstić information content (AvgIpc) is 2.96. The van der Waals surface area contributed by atoms with Crippen LogP contribution in [0.4, 0.5) is 0 Å². The zero-order chi connectivity index (χ0) is 16.2. The molecular weight excluding hydrogens is 280 g/mol. The number of ether oxygens (including phenoxy) is 1. The maximum absolute atomic E-state index is 10.5. The van der Waals surface area contributed by atoms with E-state index in [4.69, 9.17) is 9.84 Å². The summed E-state index contributed by atoms with van der Waals surface area (Å²) < 4.78 is 5.93.